The Morgan fingerprint density at radius 1 is 1.12 bits per heavy atom. The number of carbonyl (C=O) groups is 2. The monoisotopic (exact) mass is 709 g/mol. The lowest BCUT2D eigenvalue weighted by atomic mass is 9.41. The predicted molar refractivity (Wildman–Crippen MR) is 196 cm³/mol. The molecular weight excluding hydrogens is 658 g/mol. The Kier molecular flexibility index (Phi) is 8.30. The number of nitrogens with one attached hydrogen (secondary N) is 1. The maximum absolute atomic E-state index is 15.1. The van der Waals surface area contributed by atoms with Crippen molar-refractivity contribution >= 4 is 17.8 Å². The van der Waals surface area contributed by atoms with E-state index in [1.807, 2.05) is 46.8 Å². The van der Waals surface area contributed by atoms with Crippen LogP contribution >= 0.6 is 0 Å². The summed E-state index contributed by atoms with van der Waals surface area (Å²) in [5.74, 6) is -1.40. The van der Waals surface area contributed by atoms with Gasteiger partial charge in [0.1, 0.15) is 28.7 Å². The van der Waals surface area contributed by atoms with Gasteiger partial charge in [-0.15, -0.1) is 0 Å². The minimum Gasteiger partial charge on any atom is -0.507 e. The van der Waals surface area contributed by atoms with Crippen molar-refractivity contribution in [3.63, 3.8) is 0 Å². The number of phenolic OH excluding ortho intramolecular Hbond substituents is 1. The first-order valence-corrected chi connectivity index (χ1v) is 18.4. The van der Waals surface area contributed by atoms with Crippen LogP contribution in [0.15, 0.2) is 52.4 Å². The van der Waals surface area contributed by atoms with Gasteiger partial charge in [-0.2, -0.15) is 5.26 Å². The van der Waals surface area contributed by atoms with Gasteiger partial charge in [-0.05, 0) is 93.2 Å². The number of ketones is 1. The zero-order valence-electron chi connectivity index (χ0n) is 31.7. The molecule has 276 valence electrons. The summed E-state index contributed by atoms with van der Waals surface area (Å²) in [6.07, 6.45) is 12.5. The van der Waals surface area contributed by atoms with E-state index in [1.54, 1.807) is 13.0 Å². The summed E-state index contributed by atoms with van der Waals surface area (Å²) in [6, 6.07) is 1.71. The Hall–Kier alpha value is -4.49. The Balaban J connectivity index is 1.51. The first-order valence-electron chi connectivity index (χ1n) is 18.4. The third-order valence-electron chi connectivity index (χ3n) is 12.6. The normalized spacial score (nSPS) is 34.1. The summed E-state index contributed by atoms with van der Waals surface area (Å²) in [6.45, 7) is 15.9. The molecule has 4 heterocycles. The Morgan fingerprint density at radius 2 is 1.83 bits per heavy atom. The maximum Gasteiger partial charge on any atom is 0.333 e. The molecule has 0 amide bonds. The standard InChI is InChI=1S/C42H51N3O7/c1-21(2)11-10-16-40(8)17-15-24-33(46)30-32-31-29(27(20-43)37(44)45-32)26-19-28-39(6,7)52-41(36(26)47,18-14-23(5)38(48)49-9)42(28,31)51-35(30)25(34(24)50-40)13-12-22(3)4/h11-12,14-15,17,26,28-29,31-32,45-46H,10,13,16,18-19,44H2,1-9H3/b23-14-. The van der Waals surface area contributed by atoms with E-state index < -0.39 is 52.2 Å². The second-order valence-electron chi connectivity index (χ2n) is 16.7. The van der Waals surface area contributed by atoms with Crippen molar-refractivity contribution in [1.82, 2.24) is 5.32 Å². The second-order valence-corrected chi connectivity index (χ2v) is 16.7. The number of nitrogens with two attached hydrogens (primary N) is 1. The summed E-state index contributed by atoms with van der Waals surface area (Å²) >= 11 is 0. The number of benzene rings is 1. The highest BCUT2D eigenvalue weighted by molar-refractivity contribution is 5.96. The molecular formula is C42H51N3O7. The number of nitrogens with zero attached hydrogens (tertiary/aromatic N) is 1. The van der Waals surface area contributed by atoms with Gasteiger partial charge >= 0.3 is 5.97 Å². The minimum absolute atomic E-state index is 0.0173. The fourth-order valence-corrected chi connectivity index (χ4v) is 10.3. The third-order valence-corrected chi connectivity index (χ3v) is 12.6. The molecule has 8 atom stereocenters. The van der Waals surface area contributed by atoms with Crippen molar-refractivity contribution in [2.24, 2.45) is 29.4 Å². The summed E-state index contributed by atoms with van der Waals surface area (Å²) in [5.41, 5.74) is 7.25. The van der Waals surface area contributed by atoms with Crippen molar-refractivity contribution < 1.29 is 33.6 Å². The summed E-state index contributed by atoms with van der Waals surface area (Å²) in [5, 5.41) is 26.3. The average molecular weight is 710 g/mol. The molecule has 10 nitrogen and oxygen atoms in total. The number of ether oxygens (including phenoxy) is 4. The van der Waals surface area contributed by atoms with Crippen molar-refractivity contribution in [2.45, 2.75) is 116 Å². The van der Waals surface area contributed by atoms with Crippen LogP contribution in [0.1, 0.15) is 104 Å². The summed E-state index contributed by atoms with van der Waals surface area (Å²) in [4.78, 5) is 27.7. The van der Waals surface area contributed by atoms with E-state index in [0.717, 1.165) is 24.0 Å². The lowest BCUT2D eigenvalue weighted by Crippen LogP contribution is -2.80. The van der Waals surface area contributed by atoms with Crippen LogP contribution in [0.4, 0.5) is 0 Å². The molecule has 1 spiro atoms. The number of fused-ring (bicyclic) bond motifs is 3. The molecule has 0 radical (unpaired) electrons. The molecule has 1 aromatic carbocycles. The van der Waals surface area contributed by atoms with Crippen molar-refractivity contribution in [1.29, 1.82) is 5.26 Å². The van der Waals surface area contributed by atoms with Crippen molar-refractivity contribution in [3.8, 4) is 23.3 Å². The molecule has 3 aliphatic carbocycles. The van der Waals surface area contributed by atoms with Gasteiger partial charge < -0.3 is 35.1 Å². The number of methoxy groups -OCH3 is 1. The number of hydrogen-bond donors (Lipinski definition) is 3. The number of allylic oxidation sites excluding steroid dienone is 5. The van der Waals surface area contributed by atoms with Gasteiger partial charge in [-0.25, -0.2) is 4.79 Å². The third kappa shape index (κ3) is 4.84. The molecule has 7 aliphatic rings. The smallest absolute Gasteiger partial charge is 0.333 e. The Morgan fingerprint density at radius 3 is 2.48 bits per heavy atom. The van der Waals surface area contributed by atoms with Gasteiger partial charge in [0.05, 0.1) is 41.5 Å². The SMILES string of the molecule is COC(=O)/C(C)=C\CC12OC(C)(C)C3CC(C1=O)C1C(C#N)=C(N)NC4c5c(O)c6c(c(CC=C(C)C)c5OC32C41)OC(C)(CCC=C(C)C)C=C6. The molecule has 10 heteroatoms. The number of aromatic hydroxyl groups is 1. The van der Waals surface area contributed by atoms with E-state index in [-0.39, 0.29) is 29.7 Å². The van der Waals surface area contributed by atoms with Crippen LogP contribution in [0.25, 0.3) is 6.08 Å². The zero-order valence-corrected chi connectivity index (χ0v) is 31.7. The van der Waals surface area contributed by atoms with E-state index in [1.165, 1.54) is 12.7 Å². The minimum atomic E-state index is -1.51. The van der Waals surface area contributed by atoms with Gasteiger partial charge in [0.15, 0.2) is 17.0 Å². The zero-order chi connectivity index (χ0) is 37.7. The number of hydrogen-bond acceptors (Lipinski definition) is 10. The van der Waals surface area contributed by atoms with Crippen LogP contribution in [-0.2, 0) is 25.5 Å². The summed E-state index contributed by atoms with van der Waals surface area (Å²) < 4.78 is 26.5. The van der Waals surface area contributed by atoms with Crippen LogP contribution in [0.5, 0.6) is 17.2 Å². The Bertz CT molecular complexity index is 1970. The first kappa shape index (κ1) is 35.9. The first-order chi connectivity index (χ1) is 24.5. The van der Waals surface area contributed by atoms with E-state index in [4.69, 9.17) is 24.7 Å². The molecule has 4 N–H and O–H groups in total. The summed E-state index contributed by atoms with van der Waals surface area (Å²) in [7, 11) is 1.32. The molecule has 1 aromatic rings. The molecule has 8 unspecified atom stereocenters. The van der Waals surface area contributed by atoms with E-state index in [0.29, 0.717) is 46.6 Å². The number of nitriles is 1. The molecule has 4 aliphatic heterocycles. The van der Waals surface area contributed by atoms with E-state index >= 15 is 4.79 Å². The molecule has 0 aromatic heterocycles. The maximum atomic E-state index is 15.1. The quantitative estimate of drug-likeness (QED) is 0.149. The van der Waals surface area contributed by atoms with Gasteiger partial charge in [0.2, 0.25) is 0 Å². The number of carbonyl (C=O) groups excluding carboxylic acids is 2. The molecule has 1 saturated heterocycles. The number of esters is 1. The van der Waals surface area contributed by atoms with Gasteiger partial charge in [0.25, 0.3) is 0 Å². The molecule has 8 rings (SSSR count). The van der Waals surface area contributed by atoms with Gasteiger partial charge in [-0.3, -0.25) is 4.79 Å². The lowest BCUT2D eigenvalue weighted by Gasteiger charge is -2.66. The molecule has 4 bridgehead atoms. The highest BCUT2D eigenvalue weighted by Gasteiger charge is 2.86. The predicted octanol–water partition coefficient (Wildman–Crippen LogP) is 6.79. The van der Waals surface area contributed by atoms with E-state index in [2.05, 4.69) is 37.4 Å². The molecule has 3 saturated carbocycles. The van der Waals surface area contributed by atoms with Crippen LogP contribution in [0, 0.1) is 35.0 Å². The highest BCUT2D eigenvalue weighted by Crippen LogP contribution is 2.75. The van der Waals surface area contributed by atoms with E-state index in [9.17, 15) is 15.2 Å². The van der Waals surface area contributed by atoms with Crippen molar-refractivity contribution in [2.75, 3.05) is 7.11 Å². The van der Waals surface area contributed by atoms with Crippen LogP contribution in [0.2, 0.25) is 0 Å². The van der Waals surface area contributed by atoms with Crippen molar-refractivity contribution in [3.05, 3.63) is 69.1 Å². The average Bonchev–Trinajstić information content (AvgIpc) is 3.22. The van der Waals surface area contributed by atoms with Crippen LogP contribution in [0.3, 0.4) is 0 Å². The number of Topliss-reactive ketones (excluding diaryl/α,β-unsaturated/α-hetero) is 1. The van der Waals surface area contributed by atoms with Gasteiger partial charge in [0, 0.05) is 41.2 Å². The molecule has 4 fully saturated rings. The van der Waals surface area contributed by atoms with Gasteiger partial charge in [-0.1, -0.05) is 29.4 Å². The number of phenols is 1. The Labute approximate surface area is 306 Å². The second kappa shape index (κ2) is 12.0. The largest absolute Gasteiger partial charge is 0.507 e. The fourth-order valence-electron chi connectivity index (χ4n) is 10.3. The highest BCUT2D eigenvalue weighted by atomic mass is 16.6. The fraction of sp³-hybridized carbons (Fsp3) is 0.548. The number of rotatable bonds is 8. The lowest BCUT2D eigenvalue weighted by molar-refractivity contribution is -0.224. The topological polar surface area (TPSA) is 153 Å². The van der Waals surface area contributed by atoms with Crippen LogP contribution in [-0.4, -0.2) is 46.4 Å². The molecule has 52 heavy (non-hydrogen) atoms. The van der Waals surface area contributed by atoms with Crippen LogP contribution < -0.4 is 20.5 Å².